The van der Waals surface area contributed by atoms with Gasteiger partial charge in [0.15, 0.2) is 0 Å². The zero-order valence-electron chi connectivity index (χ0n) is 6.68. The fraction of sp³-hybridized carbons (Fsp3) is 0.875. The lowest BCUT2D eigenvalue weighted by Crippen LogP contribution is -2.25. The van der Waals surface area contributed by atoms with Crippen molar-refractivity contribution in [1.82, 2.24) is 4.90 Å². The van der Waals surface area contributed by atoms with Crippen molar-refractivity contribution in [1.29, 1.82) is 0 Å². The Kier molecular flexibility index (Phi) is 3.91. The molecule has 64 valence electrons. The van der Waals surface area contributed by atoms with Crippen molar-refractivity contribution in [2.75, 3.05) is 18.4 Å². The highest BCUT2D eigenvalue weighted by atomic mass is 79.9. The maximum Gasteiger partial charge on any atom is 0.222 e. The topological polar surface area (TPSA) is 20.3 Å². The number of alkyl halides is 1. The fourth-order valence-corrected chi connectivity index (χ4v) is 1.73. The first-order valence-electron chi connectivity index (χ1n) is 4.18. The Labute approximate surface area is 76.1 Å². The van der Waals surface area contributed by atoms with E-state index in [1.54, 1.807) is 0 Å². The first-order valence-corrected chi connectivity index (χ1v) is 5.30. The molecule has 1 heterocycles. The van der Waals surface area contributed by atoms with Crippen molar-refractivity contribution in [2.24, 2.45) is 0 Å². The molecule has 2 nitrogen and oxygen atoms in total. The third-order valence-corrected chi connectivity index (χ3v) is 2.54. The summed E-state index contributed by atoms with van der Waals surface area (Å²) >= 11 is 3.37. The third kappa shape index (κ3) is 2.81. The van der Waals surface area contributed by atoms with Crippen LogP contribution >= 0.6 is 15.9 Å². The lowest BCUT2D eigenvalue weighted by Gasteiger charge is -2.14. The Bertz CT molecular complexity index is 138. The minimum atomic E-state index is 0.347. The summed E-state index contributed by atoms with van der Waals surface area (Å²) in [6.07, 6.45) is 4.14. The molecule has 0 atom stereocenters. The summed E-state index contributed by atoms with van der Waals surface area (Å²) in [4.78, 5) is 13.1. The van der Waals surface area contributed by atoms with Crippen LogP contribution < -0.4 is 0 Å². The molecule has 1 aliphatic rings. The lowest BCUT2D eigenvalue weighted by molar-refractivity contribution is -0.127. The summed E-state index contributed by atoms with van der Waals surface area (Å²) in [6, 6.07) is 0. The van der Waals surface area contributed by atoms with E-state index in [2.05, 4.69) is 15.9 Å². The number of carbonyl (C=O) groups is 1. The minimum Gasteiger partial charge on any atom is -0.343 e. The van der Waals surface area contributed by atoms with Gasteiger partial charge in [0, 0.05) is 24.8 Å². The van der Waals surface area contributed by atoms with Gasteiger partial charge in [-0.1, -0.05) is 15.9 Å². The van der Waals surface area contributed by atoms with Crippen molar-refractivity contribution in [2.45, 2.75) is 25.7 Å². The highest BCUT2D eigenvalue weighted by molar-refractivity contribution is 9.09. The SMILES string of the molecule is O=C1CCCN1CCCCBr. The standard InChI is InChI=1S/C8H14BrNO/c9-5-1-2-6-10-7-3-4-8(10)11/h1-7H2. The van der Waals surface area contributed by atoms with E-state index < -0.39 is 0 Å². The average molecular weight is 220 g/mol. The van der Waals surface area contributed by atoms with Gasteiger partial charge >= 0.3 is 0 Å². The van der Waals surface area contributed by atoms with Crippen LogP contribution in [0.1, 0.15) is 25.7 Å². The molecule has 0 aromatic rings. The second kappa shape index (κ2) is 4.75. The van der Waals surface area contributed by atoms with E-state index in [9.17, 15) is 4.79 Å². The molecule has 1 aliphatic heterocycles. The first kappa shape index (κ1) is 9.04. The highest BCUT2D eigenvalue weighted by Gasteiger charge is 2.18. The monoisotopic (exact) mass is 219 g/mol. The number of rotatable bonds is 4. The summed E-state index contributed by atoms with van der Waals surface area (Å²) in [5.74, 6) is 0.347. The quantitative estimate of drug-likeness (QED) is 0.522. The molecule has 0 N–H and O–H groups in total. The van der Waals surface area contributed by atoms with Gasteiger partial charge in [-0.2, -0.15) is 0 Å². The molecule has 0 spiro atoms. The van der Waals surface area contributed by atoms with Crippen LogP contribution in [0.25, 0.3) is 0 Å². The Morgan fingerprint density at radius 3 is 2.82 bits per heavy atom. The van der Waals surface area contributed by atoms with Crippen LogP contribution in [0.3, 0.4) is 0 Å². The molecule has 0 aromatic heterocycles. The van der Waals surface area contributed by atoms with Crippen LogP contribution in [-0.4, -0.2) is 29.2 Å². The number of amides is 1. The predicted octanol–water partition coefficient (Wildman–Crippen LogP) is 1.78. The van der Waals surface area contributed by atoms with Gasteiger partial charge in [-0.3, -0.25) is 4.79 Å². The largest absolute Gasteiger partial charge is 0.343 e. The Balaban J connectivity index is 2.10. The van der Waals surface area contributed by atoms with Gasteiger partial charge in [-0.25, -0.2) is 0 Å². The van der Waals surface area contributed by atoms with E-state index >= 15 is 0 Å². The third-order valence-electron chi connectivity index (χ3n) is 1.98. The van der Waals surface area contributed by atoms with E-state index in [1.165, 1.54) is 6.42 Å². The van der Waals surface area contributed by atoms with E-state index in [0.717, 1.165) is 37.7 Å². The molecule has 1 fully saturated rings. The molecule has 0 radical (unpaired) electrons. The molecule has 0 aliphatic carbocycles. The molecule has 0 unspecified atom stereocenters. The van der Waals surface area contributed by atoms with Crippen molar-refractivity contribution >= 4 is 21.8 Å². The molecule has 1 saturated heterocycles. The molecule has 0 aromatic carbocycles. The van der Waals surface area contributed by atoms with Gasteiger partial charge in [-0.15, -0.1) is 0 Å². The van der Waals surface area contributed by atoms with Crippen molar-refractivity contribution in [3.63, 3.8) is 0 Å². The van der Waals surface area contributed by atoms with Gasteiger partial charge in [-0.05, 0) is 19.3 Å². The van der Waals surface area contributed by atoms with Gasteiger partial charge in [0.2, 0.25) is 5.91 Å². The van der Waals surface area contributed by atoms with Crippen LogP contribution in [-0.2, 0) is 4.79 Å². The molecule has 3 heteroatoms. The van der Waals surface area contributed by atoms with Crippen molar-refractivity contribution < 1.29 is 4.79 Å². The normalized spacial score (nSPS) is 17.9. The van der Waals surface area contributed by atoms with Crippen LogP contribution in [0.5, 0.6) is 0 Å². The van der Waals surface area contributed by atoms with E-state index in [4.69, 9.17) is 0 Å². The van der Waals surface area contributed by atoms with Crippen molar-refractivity contribution in [3.05, 3.63) is 0 Å². The smallest absolute Gasteiger partial charge is 0.222 e. The number of hydrogen-bond donors (Lipinski definition) is 0. The Morgan fingerprint density at radius 2 is 2.27 bits per heavy atom. The summed E-state index contributed by atoms with van der Waals surface area (Å²) in [5.41, 5.74) is 0. The minimum absolute atomic E-state index is 0.347. The second-order valence-corrected chi connectivity index (χ2v) is 3.67. The summed E-state index contributed by atoms with van der Waals surface area (Å²) in [6.45, 7) is 1.95. The first-order chi connectivity index (χ1) is 5.34. The average Bonchev–Trinajstić information content (AvgIpc) is 2.37. The number of nitrogens with zero attached hydrogens (tertiary/aromatic N) is 1. The van der Waals surface area contributed by atoms with Crippen molar-refractivity contribution in [3.8, 4) is 0 Å². The molecule has 0 saturated carbocycles. The maximum absolute atomic E-state index is 11.1. The Morgan fingerprint density at radius 1 is 1.45 bits per heavy atom. The number of carbonyl (C=O) groups excluding carboxylic acids is 1. The van der Waals surface area contributed by atoms with E-state index in [0.29, 0.717) is 5.91 Å². The number of unbranched alkanes of at least 4 members (excludes halogenated alkanes) is 1. The van der Waals surface area contributed by atoms with Crippen LogP contribution in [0.4, 0.5) is 0 Å². The van der Waals surface area contributed by atoms with Gasteiger partial charge in [0.1, 0.15) is 0 Å². The second-order valence-electron chi connectivity index (χ2n) is 2.88. The molecule has 1 rings (SSSR count). The van der Waals surface area contributed by atoms with Gasteiger partial charge in [0.25, 0.3) is 0 Å². The highest BCUT2D eigenvalue weighted by Crippen LogP contribution is 2.10. The molecule has 1 amide bonds. The Hall–Kier alpha value is -0.0500. The summed E-state index contributed by atoms with van der Waals surface area (Å²) in [7, 11) is 0. The van der Waals surface area contributed by atoms with E-state index in [1.807, 2.05) is 4.90 Å². The van der Waals surface area contributed by atoms with Crippen LogP contribution in [0, 0.1) is 0 Å². The number of halogens is 1. The zero-order chi connectivity index (χ0) is 8.10. The number of likely N-dealkylation sites (tertiary alicyclic amines) is 1. The van der Waals surface area contributed by atoms with Crippen LogP contribution in [0.2, 0.25) is 0 Å². The summed E-state index contributed by atoms with van der Waals surface area (Å²) in [5, 5.41) is 1.05. The predicted molar refractivity (Wildman–Crippen MR) is 48.8 cm³/mol. The van der Waals surface area contributed by atoms with Crippen LogP contribution in [0.15, 0.2) is 0 Å². The lowest BCUT2D eigenvalue weighted by atomic mass is 10.3. The van der Waals surface area contributed by atoms with E-state index in [-0.39, 0.29) is 0 Å². The van der Waals surface area contributed by atoms with Gasteiger partial charge in [0.05, 0.1) is 0 Å². The molecular weight excluding hydrogens is 206 g/mol. The number of hydrogen-bond acceptors (Lipinski definition) is 1. The zero-order valence-corrected chi connectivity index (χ0v) is 8.27. The fourth-order valence-electron chi connectivity index (χ4n) is 1.34. The van der Waals surface area contributed by atoms with Gasteiger partial charge < -0.3 is 4.90 Å². The molecule has 0 bridgehead atoms. The maximum atomic E-state index is 11.1. The summed E-state index contributed by atoms with van der Waals surface area (Å²) < 4.78 is 0. The molecule has 11 heavy (non-hydrogen) atoms. The molecular formula is C8H14BrNO.